The molecule has 1 aromatic rings. The summed E-state index contributed by atoms with van der Waals surface area (Å²) in [5.74, 6) is 0. The fraction of sp³-hybridized carbons (Fsp3) is 0.636. The second kappa shape index (κ2) is 7.23. The zero-order valence-electron chi connectivity index (χ0n) is 9.35. The molecule has 0 saturated carbocycles. The van der Waals surface area contributed by atoms with Crippen molar-refractivity contribution in [2.75, 3.05) is 13.1 Å². The molecule has 0 aliphatic carbocycles. The maximum Gasteiger partial charge on any atom is 0.0558 e. The van der Waals surface area contributed by atoms with Crippen LogP contribution in [0.4, 0.5) is 0 Å². The van der Waals surface area contributed by atoms with Gasteiger partial charge >= 0.3 is 0 Å². The van der Waals surface area contributed by atoms with Crippen molar-refractivity contribution >= 4 is 22.9 Å². The van der Waals surface area contributed by atoms with Crippen LogP contribution in [0.15, 0.2) is 11.4 Å². The van der Waals surface area contributed by atoms with Gasteiger partial charge in [0, 0.05) is 17.5 Å². The van der Waals surface area contributed by atoms with Gasteiger partial charge in [-0.2, -0.15) is 0 Å². The lowest BCUT2D eigenvalue weighted by Crippen LogP contribution is -2.26. The quantitative estimate of drug-likeness (QED) is 0.723. The molecule has 0 bridgehead atoms. The molecular weight excluding hydrogens is 228 g/mol. The summed E-state index contributed by atoms with van der Waals surface area (Å²) >= 11 is 7.69. The Bertz CT molecular complexity index is 273. The molecule has 0 amide bonds. The normalized spacial score (nSPS) is 11.2. The summed E-state index contributed by atoms with van der Waals surface area (Å²) in [4.78, 5) is 1.23. The SMILES string of the molecule is CC(C)NCCCNCc1sccc1Cl. The molecule has 1 aromatic heterocycles. The monoisotopic (exact) mass is 246 g/mol. The minimum absolute atomic E-state index is 0.580. The van der Waals surface area contributed by atoms with Crippen LogP contribution in [-0.4, -0.2) is 19.1 Å². The topological polar surface area (TPSA) is 24.1 Å². The van der Waals surface area contributed by atoms with Gasteiger partial charge in [0.1, 0.15) is 0 Å². The van der Waals surface area contributed by atoms with Gasteiger partial charge in [0.05, 0.1) is 5.02 Å². The lowest BCUT2D eigenvalue weighted by Gasteiger charge is -2.08. The zero-order chi connectivity index (χ0) is 11.1. The fourth-order valence-corrected chi connectivity index (χ4v) is 2.33. The van der Waals surface area contributed by atoms with E-state index < -0.39 is 0 Å². The van der Waals surface area contributed by atoms with Gasteiger partial charge in [-0.1, -0.05) is 25.4 Å². The summed E-state index contributed by atoms with van der Waals surface area (Å²) in [6.07, 6.45) is 1.15. The van der Waals surface area contributed by atoms with Crippen molar-refractivity contribution < 1.29 is 0 Å². The predicted octanol–water partition coefficient (Wildman–Crippen LogP) is 2.88. The average molecular weight is 247 g/mol. The second-order valence-corrected chi connectivity index (χ2v) is 5.24. The third kappa shape index (κ3) is 5.52. The van der Waals surface area contributed by atoms with Gasteiger partial charge in [-0.05, 0) is 31.0 Å². The van der Waals surface area contributed by atoms with E-state index >= 15 is 0 Å². The van der Waals surface area contributed by atoms with Crippen LogP contribution < -0.4 is 10.6 Å². The summed E-state index contributed by atoms with van der Waals surface area (Å²) in [5, 5.41) is 9.69. The summed E-state index contributed by atoms with van der Waals surface area (Å²) in [6, 6.07) is 2.53. The highest BCUT2D eigenvalue weighted by atomic mass is 35.5. The molecule has 2 N–H and O–H groups in total. The maximum atomic E-state index is 5.98. The van der Waals surface area contributed by atoms with Gasteiger partial charge < -0.3 is 10.6 Å². The third-order valence-electron chi connectivity index (χ3n) is 2.06. The molecule has 0 aliphatic rings. The Balaban J connectivity index is 2.00. The number of hydrogen-bond donors (Lipinski definition) is 2. The highest BCUT2D eigenvalue weighted by Crippen LogP contribution is 2.21. The van der Waals surface area contributed by atoms with E-state index in [4.69, 9.17) is 11.6 Å². The van der Waals surface area contributed by atoms with Gasteiger partial charge in [0.25, 0.3) is 0 Å². The van der Waals surface area contributed by atoms with Crippen LogP contribution in [0.2, 0.25) is 5.02 Å². The summed E-state index contributed by atoms with van der Waals surface area (Å²) in [7, 11) is 0. The van der Waals surface area contributed by atoms with Crippen molar-refractivity contribution in [2.45, 2.75) is 32.9 Å². The Labute approximate surface area is 101 Å². The van der Waals surface area contributed by atoms with E-state index in [1.807, 2.05) is 11.4 Å². The van der Waals surface area contributed by atoms with Crippen molar-refractivity contribution in [3.05, 3.63) is 21.3 Å². The molecule has 0 spiro atoms. The molecule has 86 valence electrons. The molecule has 0 unspecified atom stereocenters. The first-order valence-electron chi connectivity index (χ1n) is 5.36. The Morgan fingerprint density at radius 2 is 2.20 bits per heavy atom. The van der Waals surface area contributed by atoms with Crippen molar-refractivity contribution in [3.63, 3.8) is 0 Å². The van der Waals surface area contributed by atoms with E-state index in [2.05, 4.69) is 24.5 Å². The molecule has 0 aliphatic heterocycles. The summed E-state index contributed by atoms with van der Waals surface area (Å²) in [6.45, 7) is 7.33. The maximum absolute atomic E-state index is 5.98. The van der Waals surface area contributed by atoms with E-state index in [1.54, 1.807) is 11.3 Å². The molecule has 0 radical (unpaired) electrons. The van der Waals surface area contributed by atoms with Crippen LogP contribution in [0.5, 0.6) is 0 Å². The van der Waals surface area contributed by atoms with Crippen molar-refractivity contribution in [3.8, 4) is 0 Å². The van der Waals surface area contributed by atoms with Crippen LogP contribution in [0, 0.1) is 0 Å². The summed E-state index contributed by atoms with van der Waals surface area (Å²) in [5.41, 5.74) is 0. The number of hydrogen-bond acceptors (Lipinski definition) is 3. The Morgan fingerprint density at radius 1 is 1.40 bits per heavy atom. The average Bonchev–Trinajstić information content (AvgIpc) is 2.57. The van der Waals surface area contributed by atoms with Crippen molar-refractivity contribution in [2.24, 2.45) is 0 Å². The number of nitrogens with one attached hydrogen (secondary N) is 2. The molecule has 15 heavy (non-hydrogen) atoms. The van der Waals surface area contributed by atoms with E-state index in [0.29, 0.717) is 6.04 Å². The van der Waals surface area contributed by atoms with Crippen LogP contribution >= 0.6 is 22.9 Å². The van der Waals surface area contributed by atoms with Gasteiger partial charge in [0.2, 0.25) is 0 Å². The van der Waals surface area contributed by atoms with Crippen LogP contribution in [0.25, 0.3) is 0 Å². The molecule has 1 rings (SSSR count). The first-order chi connectivity index (χ1) is 7.20. The molecule has 2 nitrogen and oxygen atoms in total. The molecule has 0 fully saturated rings. The van der Waals surface area contributed by atoms with Crippen LogP contribution in [0.1, 0.15) is 25.1 Å². The van der Waals surface area contributed by atoms with Gasteiger partial charge in [-0.15, -0.1) is 11.3 Å². The Kier molecular flexibility index (Phi) is 6.25. The van der Waals surface area contributed by atoms with Gasteiger partial charge in [0.15, 0.2) is 0 Å². The lowest BCUT2D eigenvalue weighted by molar-refractivity contribution is 0.548. The molecule has 0 atom stereocenters. The molecule has 4 heteroatoms. The van der Waals surface area contributed by atoms with E-state index in [9.17, 15) is 0 Å². The Morgan fingerprint density at radius 3 is 2.80 bits per heavy atom. The predicted molar refractivity (Wildman–Crippen MR) is 68.8 cm³/mol. The first-order valence-corrected chi connectivity index (χ1v) is 6.62. The Hall–Kier alpha value is -0.0900. The van der Waals surface area contributed by atoms with Gasteiger partial charge in [-0.25, -0.2) is 0 Å². The number of thiophene rings is 1. The molecular formula is C11H19ClN2S. The third-order valence-corrected chi connectivity index (χ3v) is 3.45. The van der Waals surface area contributed by atoms with E-state index in [1.165, 1.54) is 4.88 Å². The fourth-order valence-electron chi connectivity index (χ4n) is 1.26. The molecule has 0 aromatic carbocycles. The minimum atomic E-state index is 0.580. The highest BCUT2D eigenvalue weighted by Gasteiger charge is 2.00. The minimum Gasteiger partial charge on any atom is -0.314 e. The number of rotatable bonds is 7. The smallest absolute Gasteiger partial charge is 0.0558 e. The van der Waals surface area contributed by atoms with E-state index in [-0.39, 0.29) is 0 Å². The van der Waals surface area contributed by atoms with Crippen molar-refractivity contribution in [1.29, 1.82) is 0 Å². The number of halogens is 1. The van der Waals surface area contributed by atoms with Crippen molar-refractivity contribution in [1.82, 2.24) is 10.6 Å². The van der Waals surface area contributed by atoms with E-state index in [0.717, 1.165) is 31.1 Å². The van der Waals surface area contributed by atoms with Crippen LogP contribution in [-0.2, 0) is 6.54 Å². The zero-order valence-corrected chi connectivity index (χ0v) is 10.9. The second-order valence-electron chi connectivity index (χ2n) is 3.83. The first kappa shape index (κ1) is 13.0. The largest absolute Gasteiger partial charge is 0.314 e. The standard InChI is InChI=1S/C11H19ClN2S/c1-9(2)14-6-3-5-13-8-11-10(12)4-7-15-11/h4,7,9,13-14H,3,5-6,8H2,1-2H3. The molecule has 0 saturated heterocycles. The lowest BCUT2D eigenvalue weighted by atomic mass is 10.3. The molecule has 1 heterocycles. The highest BCUT2D eigenvalue weighted by molar-refractivity contribution is 7.10. The summed E-state index contributed by atoms with van der Waals surface area (Å²) < 4.78 is 0. The van der Waals surface area contributed by atoms with Crippen LogP contribution in [0.3, 0.4) is 0 Å². The van der Waals surface area contributed by atoms with Gasteiger partial charge in [-0.3, -0.25) is 0 Å².